The third kappa shape index (κ3) is 4.87. The number of nitrogens with one attached hydrogen (secondary N) is 1. The van der Waals surface area contributed by atoms with Gasteiger partial charge in [-0.1, -0.05) is 19.9 Å². The van der Waals surface area contributed by atoms with Crippen LogP contribution < -0.4 is 10.1 Å². The van der Waals surface area contributed by atoms with Crippen molar-refractivity contribution in [3.05, 3.63) is 28.8 Å². The molecule has 0 aliphatic rings. The average molecular weight is 263 g/mol. The van der Waals surface area contributed by atoms with Gasteiger partial charge in [0.15, 0.2) is 0 Å². The maximum Gasteiger partial charge on any atom is 0.122 e. The highest BCUT2D eigenvalue weighted by molar-refractivity contribution is 5.43. The Balaban J connectivity index is 2.70. The van der Waals surface area contributed by atoms with Crippen LogP contribution >= 0.6 is 0 Å². The number of aryl methyl sites for hydroxylation is 2. The van der Waals surface area contributed by atoms with E-state index in [1.54, 1.807) is 7.11 Å². The molecule has 0 saturated heterocycles. The minimum Gasteiger partial charge on any atom is -0.496 e. The summed E-state index contributed by atoms with van der Waals surface area (Å²) < 4.78 is 5.53. The summed E-state index contributed by atoms with van der Waals surface area (Å²) in [4.78, 5) is 0. The Morgan fingerprint density at radius 3 is 2.53 bits per heavy atom. The molecule has 2 heteroatoms. The van der Waals surface area contributed by atoms with E-state index in [2.05, 4.69) is 45.1 Å². The summed E-state index contributed by atoms with van der Waals surface area (Å²) in [5, 5.41) is 3.62. The molecule has 1 atom stereocenters. The van der Waals surface area contributed by atoms with Crippen LogP contribution in [-0.2, 0) is 6.42 Å². The predicted molar refractivity (Wildman–Crippen MR) is 83.2 cm³/mol. The SMILES string of the molecule is CCCNC(CC)CCc1c(C)cc(C)cc1OC. The van der Waals surface area contributed by atoms with Crippen LogP contribution in [0.5, 0.6) is 5.75 Å². The summed E-state index contributed by atoms with van der Waals surface area (Å²) >= 11 is 0. The second-order valence-electron chi connectivity index (χ2n) is 5.36. The molecule has 0 saturated carbocycles. The molecule has 0 heterocycles. The lowest BCUT2D eigenvalue weighted by Crippen LogP contribution is -2.29. The Labute approximate surface area is 118 Å². The summed E-state index contributed by atoms with van der Waals surface area (Å²) in [7, 11) is 1.77. The molecule has 0 spiro atoms. The Bertz CT molecular complexity index is 387. The van der Waals surface area contributed by atoms with Crippen LogP contribution in [0, 0.1) is 13.8 Å². The van der Waals surface area contributed by atoms with Crippen molar-refractivity contribution >= 4 is 0 Å². The zero-order chi connectivity index (χ0) is 14.3. The quantitative estimate of drug-likeness (QED) is 0.765. The standard InChI is InChI=1S/C17H29NO/c1-6-10-18-15(7-2)8-9-16-14(4)11-13(3)12-17(16)19-5/h11-12,15,18H,6-10H2,1-5H3. The monoisotopic (exact) mass is 263 g/mol. The molecule has 19 heavy (non-hydrogen) atoms. The molecule has 1 aromatic carbocycles. The van der Waals surface area contributed by atoms with Crippen molar-refractivity contribution in [2.75, 3.05) is 13.7 Å². The van der Waals surface area contributed by atoms with E-state index in [-0.39, 0.29) is 0 Å². The Kier molecular flexibility index (Phi) is 6.93. The molecule has 108 valence electrons. The largest absolute Gasteiger partial charge is 0.496 e. The molecule has 1 aromatic rings. The number of hydrogen-bond donors (Lipinski definition) is 1. The fourth-order valence-electron chi connectivity index (χ4n) is 2.58. The second kappa shape index (κ2) is 8.21. The lowest BCUT2D eigenvalue weighted by molar-refractivity contribution is 0.404. The fourth-order valence-corrected chi connectivity index (χ4v) is 2.58. The zero-order valence-electron chi connectivity index (χ0n) is 13.2. The van der Waals surface area contributed by atoms with Gasteiger partial charge >= 0.3 is 0 Å². The number of rotatable bonds is 8. The molecule has 0 bridgehead atoms. The average Bonchev–Trinajstić information content (AvgIpc) is 2.40. The van der Waals surface area contributed by atoms with Gasteiger partial charge in [-0.05, 0) is 68.8 Å². The molecule has 0 aliphatic heterocycles. The van der Waals surface area contributed by atoms with E-state index < -0.39 is 0 Å². The van der Waals surface area contributed by atoms with Crippen molar-refractivity contribution < 1.29 is 4.74 Å². The van der Waals surface area contributed by atoms with Gasteiger partial charge in [0.25, 0.3) is 0 Å². The number of hydrogen-bond acceptors (Lipinski definition) is 2. The first kappa shape index (κ1) is 16.0. The van der Waals surface area contributed by atoms with Crippen LogP contribution in [0.4, 0.5) is 0 Å². The van der Waals surface area contributed by atoms with Gasteiger partial charge in [0, 0.05) is 6.04 Å². The van der Waals surface area contributed by atoms with Crippen molar-refractivity contribution in [1.82, 2.24) is 5.32 Å². The van der Waals surface area contributed by atoms with E-state index in [9.17, 15) is 0 Å². The van der Waals surface area contributed by atoms with E-state index >= 15 is 0 Å². The van der Waals surface area contributed by atoms with Gasteiger partial charge in [-0.3, -0.25) is 0 Å². The maximum atomic E-state index is 5.53. The molecule has 1 unspecified atom stereocenters. The van der Waals surface area contributed by atoms with E-state index in [1.165, 1.54) is 36.0 Å². The number of methoxy groups -OCH3 is 1. The lowest BCUT2D eigenvalue weighted by Gasteiger charge is -2.19. The summed E-state index contributed by atoms with van der Waals surface area (Å²) in [5.41, 5.74) is 3.99. The number of benzene rings is 1. The molecular weight excluding hydrogens is 234 g/mol. The third-order valence-electron chi connectivity index (χ3n) is 3.71. The van der Waals surface area contributed by atoms with Gasteiger partial charge in [-0.2, -0.15) is 0 Å². The first-order valence-electron chi connectivity index (χ1n) is 7.49. The molecule has 1 rings (SSSR count). The van der Waals surface area contributed by atoms with Gasteiger partial charge in [0.1, 0.15) is 5.75 Å². The van der Waals surface area contributed by atoms with Gasteiger partial charge in [0.05, 0.1) is 7.11 Å². The van der Waals surface area contributed by atoms with Gasteiger partial charge < -0.3 is 10.1 Å². The Morgan fingerprint density at radius 1 is 1.21 bits per heavy atom. The first-order chi connectivity index (χ1) is 9.12. The Morgan fingerprint density at radius 2 is 1.95 bits per heavy atom. The van der Waals surface area contributed by atoms with Crippen molar-refractivity contribution in [2.24, 2.45) is 0 Å². The van der Waals surface area contributed by atoms with Crippen molar-refractivity contribution in [3.63, 3.8) is 0 Å². The van der Waals surface area contributed by atoms with E-state index in [4.69, 9.17) is 4.74 Å². The van der Waals surface area contributed by atoms with Gasteiger partial charge in [0.2, 0.25) is 0 Å². The van der Waals surface area contributed by atoms with E-state index in [1.807, 2.05) is 0 Å². The predicted octanol–water partition coefficient (Wildman–Crippen LogP) is 4.02. The highest BCUT2D eigenvalue weighted by Crippen LogP contribution is 2.26. The minimum atomic E-state index is 0.616. The second-order valence-corrected chi connectivity index (χ2v) is 5.36. The molecule has 0 aromatic heterocycles. The van der Waals surface area contributed by atoms with Crippen LogP contribution in [0.2, 0.25) is 0 Å². The van der Waals surface area contributed by atoms with Crippen molar-refractivity contribution in [3.8, 4) is 5.75 Å². The van der Waals surface area contributed by atoms with E-state index in [0.717, 1.165) is 18.7 Å². The third-order valence-corrected chi connectivity index (χ3v) is 3.71. The highest BCUT2D eigenvalue weighted by atomic mass is 16.5. The van der Waals surface area contributed by atoms with Crippen molar-refractivity contribution in [1.29, 1.82) is 0 Å². The van der Waals surface area contributed by atoms with Crippen molar-refractivity contribution in [2.45, 2.75) is 59.4 Å². The van der Waals surface area contributed by atoms with Gasteiger partial charge in [-0.25, -0.2) is 0 Å². The lowest BCUT2D eigenvalue weighted by atomic mass is 9.97. The van der Waals surface area contributed by atoms with E-state index in [0.29, 0.717) is 6.04 Å². The van der Waals surface area contributed by atoms with Gasteiger partial charge in [-0.15, -0.1) is 0 Å². The summed E-state index contributed by atoms with van der Waals surface area (Å²) in [6.45, 7) is 9.89. The first-order valence-corrected chi connectivity index (χ1v) is 7.49. The topological polar surface area (TPSA) is 21.3 Å². The fraction of sp³-hybridized carbons (Fsp3) is 0.647. The molecule has 0 fully saturated rings. The number of ether oxygens (including phenoxy) is 1. The summed E-state index contributed by atoms with van der Waals surface area (Å²) in [6.07, 6.45) is 4.65. The molecular formula is C17H29NO. The highest BCUT2D eigenvalue weighted by Gasteiger charge is 2.11. The van der Waals surface area contributed by atoms with Crippen LogP contribution in [0.3, 0.4) is 0 Å². The molecule has 0 aliphatic carbocycles. The van der Waals surface area contributed by atoms with Crippen LogP contribution in [0.15, 0.2) is 12.1 Å². The molecule has 2 nitrogen and oxygen atoms in total. The molecule has 0 amide bonds. The smallest absolute Gasteiger partial charge is 0.122 e. The van der Waals surface area contributed by atoms with Crippen LogP contribution in [0.25, 0.3) is 0 Å². The maximum absolute atomic E-state index is 5.53. The molecule has 1 N–H and O–H groups in total. The Hall–Kier alpha value is -1.02. The minimum absolute atomic E-state index is 0.616. The molecule has 0 radical (unpaired) electrons. The van der Waals surface area contributed by atoms with Crippen LogP contribution in [0.1, 0.15) is 49.8 Å². The summed E-state index contributed by atoms with van der Waals surface area (Å²) in [5.74, 6) is 1.04. The van der Waals surface area contributed by atoms with Crippen LogP contribution in [-0.4, -0.2) is 19.7 Å². The normalized spacial score (nSPS) is 12.5. The summed E-state index contributed by atoms with van der Waals surface area (Å²) in [6, 6.07) is 5.01. The zero-order valence-corrected chi connectivity index (χ0v) is 13.2.